The van der Waals surface area contributed by atoms with Crippen LogP contribution in [0.1, 0.15) is 16.2 Å². The molecule has 0 saturated heterocycles. The van der Waals surface area contributed by atoms with Gasteiger partial charge in [-0.3, -0.25) is 0 Å². The Balaban J connectivity index is 2.74. The Labute approximate surface area is 80.3 Å². The Bertz CT molecular complexity index is 490. The summed E-state index contributed by atoms with van der Waals surface area (Å²) < 4.78 is 6.12. The fourth-order valence-corrected chi connectivity index (χ4v) is 1.33. The molecule has 2 rings (SSSR count). The van der Waals surface area contributed by atoms with Crippen molar-refractivity contribution in [1.29, 1.82) is 0 Å². The summed E-state index contributed by atoms with van der Waals surface area (Å²) in [5.74, 6) is -0.423. The Morgan fingerprint density at radius 2 is 2.36 bits per heavy atom. The highest BCUT2D eigenvalue weighted by molar-refractivity contribution is 5.89. The molecule has 0 aliphatic carbocycles. The summed E-state index contributed by atoms with van der Waals surface area (Å²) in [6.45, 7) is 1.75. The minimum absolute atomic E-state index is 0.378. The van der Waals surface area contributed by atoms with Crippen molar-refractivity contribution < 1.29 is 9.53 Å². The fraction of sp³-hybridized carbons (Fsp3) is 0.222. The second kappa shape index (κ2) is 3.10. The van der Waals surface area contributed by atoms with Crippen LogP contribution in [0.25, 0.3) is 5.65 Å². The Morgan fingerprint density at radius 1 is 1.57 bits per heavy atom. The molecule has 2 heterocycles. The second-order valence-electron chi connectivity index (χ2n) is 2.83. The van der Waals surface area contributed by atoms with Gasteiger partial charge in [0.2, 0.25) is 0 Å². The van der Waals surface area contributed by atoms with Crippen molar-refractivity contribution in [1.82, 2.24) is 14.6 Å². The Morgan fingerprint density at radius 3 is 3.07 bits per heavy atom. The lowest BCUT2D eigenvalue weighted by atomic mass is 10.3. The number of rotatable bonds is 1. The van der Waals surface area contributed by atoms with E-state index in [0.717, 1.165) is 0 Å². The number of carbonyl (C=O) groups excluding carboxylic acids is 1. The van der Waals surface area contributed by atoms with Crippen molar-refractivity contribution in [3.63, 3.8) is 0 Å². The summed E-state index contributed by atoms with van der Waals surface area (Å²) in [6.07, 6.45) is 1.60. The maximum atomic E-state index is 11.4. The molecule has 0 radical (unpaired) electrons. The lowest BCUT2D eigenvalue weighted by molar-refractivity contribution is 0.0590. The first-order valence-electron chi connectivity index (χ1n) is 4.12. The van der Waals surface area contributed by atoms with Crippen LogP contribution in [0.15, 0.2) is 18.3 Å². The van der Waals surface area contributed by atoms with E-state index in [1.54, 1.807) is 25.3 Å². The molecule has 0 unspecified atom stereocenters. The average Bonchev–Trinajstić information content (AvgIpc) is 2.53. The molecule has 0 aliphatic rings. The van der Waals surface area contributed by atoms with E-state index in [1.165, 1.54) is 11.6 Å². The molecule has 0 aliphatic heterocycles. The normalized spacial score (nSPS) is 10.4. The predicted molar refractivity (Wildman–Crippen MR) is 49.1 cm³/mol. The van der Waals surface area contributed by atoms with E-state index in [9.17, 15) is 4.79 Å². The van der Waals surface area contributed by atoms with Gasteiger partial charge in [-0.05, 0) is 19.1 Å². The second-order valence-corrected chi connectivity index (χ2v) is 2.83. The molecule has 5 nitrogen and oxygen atoms in total. The third kappa shape index (κ3) is 1.14. The number of carbonyl (C=O) groups is 1. The van der Waals surface area contributed by atoms with Gasteiger partial charge in [-0.2, -0.15) is 5.10 Å². The summed E-state index contributed by atoms with van der Waals surface area (Å²) in [6, 6.07) is 3.55. The van der Waals surface area contributed by atoms with Crippen LogP contribution in [-0.2, 0) is 4.74 Å². The highest BCUT2D eigenvalue weighted by atomic mass is 16.5. The van der Waals surface area contributed by atoms with Gasteiger partial charge in [0.25, 0.3) is 0 Å². The van der Waals surface area contributed by atoms with E-state index in [4.69, 9.17) is 0 Å². The first kappa shape index (κ1) is 8.68. The summed E-state index contributed by atoms with van der Waals surface area (Å²) in [7, 11) is 1.34. The first-order valence-corrected chi connectivity index (χ1v) is 4.12. The van der Waals surface area contributed by atoms with Gasteiger partial charge in [-0.25, -0.2) is 14.3 Å². The molecule has 0 N–H and O–H groups in total. The van der Waals surface area contributed by atoms with E-state index in [2.05, 4.69) is 14.8 Å². The monoisotopic (exact) mass is 191 g/mol. The van der Waals surface area contributed by atoms with Gasteiger partial charge in [-0.1, -0.05) is 0 Å². The number of hydrogen-bond donors (Lipinski definition) is 0. The van der Waals surface area contributed by atoms with Crippen molar-refractivity contribution in [2.24, 2.45) is 0 Å². The number of esters is 1. The van der Waals surface area contributed by atoms with Crippen LogP contribution < -0.4 is 0 Å². The molecular formula is C9H9N3O2. The number of fused-ring (bicyclic) bond motifs is 1. The van der Waals surface area contributed by atoms with E-state index in [1.807, 2.05) is 0 Å². The summed E-state index contributed by atoms with van der Waals surface area (Å²) in [5, 5.41) is 4.02. The zero-order valence-electron chi connectivity index (χ0n) is 7.89. The van der Waals surface area contributed by atoms with Crippen LogP contribution in [0, 0.1) is 6.92 Å². The standard InChI is InChI=1S/C9H9N3O2/c1-6-8(9(13)14-2)12-7(11-6)4-3-5-10-12/h3-5H,1-2H3. The molecule has 2 aromatic rings. The van der Waals surface area contributed by atoms with E-state index < -0.39 is 5.97 Å². The van der Waals surface area contributed by atoms with Crippen molar-refractivity contribution in [2.45, 2.75) is 6.92 Å². The van der Waals surface area contributed by atoms with Gasteiger partial charge in [0.1, 0.15) is 0 Å². The largest absolute Gasteiger partial charge is 0.464 e. The molecular weight excluding hydrogens is 182 g/mol. The molecule has 14 heavy (non-hydrogen) atoms. The SMILES string of the molecule is COC(=O)c1c(C)nc2cccnn12. The fourth-order valence-electron chi connectivity index (χ4n) is 1.33. The van der Waals surface area contributed by atoms with Gasteiger partial charge in [0.15, 0.2) is 11.3 Å². The first-order chi connectivity index (χ1) is 6.74. The third-order valence-electron chi connectivity index (χ3n) is 1.95. The van der Waals surface area contributed by atoms with Crippen LogP contribution >= 0.6 is 0 Å². The maximum absolute atomic E-state index is 11.4. The highest BCUT2D eigenvalue weighted by Crippen LogP contribution is 2.10. The molecule has 72 valence electrons. The molecule has 0 saturated carbocycles. The lowest BCUT2D eigenvalue weighted by Crippen LogP contribution is -2.08. The van der Waals surface area contributed by atoms with E-state index in [-0.39, 0.29) is 0 Å². The number of imidazole rings is 1. The van der Waals surface area contributed by atoms with Crippen LogP contribution in [0.3, 0.4) is 0 Å². The average molecular weight is 191 g/mol. The zero-order valence-corrected chi connectivity index (χ0v) is 7.89. The minimum Gasteiger partial charge on any atom is -0.464 e. The van der Waals surface area contributed by atoms with Gasteiger partial charge >= 0.3 is 5.97 Å². The zero-order chi connectivity index (χ0) is 10.1. The molecule has 0 fully saturated rings. The molecule has 2 aromatic heterocycles. The smallest absolute Gasteiger partial charge is 0.358 e. The molecule has 5 heteroatoms. The van der Waals surface area contributed by atoms with Gasteiger partial charge in [-0.15, -0.1) is 0 Å². The van der Waals surface area contributed by atoms with E-state index >= 15 is 0 Å². The molecule has 0 amide bonds. The number of nitrogens with zero attached hydrogens (tertiary/aromatic N) is 3. The summed E-state index contributed by atoms with van der Waals surface area (Å²) in [5.41, 5.74) is 1.64. The quantitative estimate of drug-likeness (QED) is 0.626. The van der Waals surface area contributed by atoms with Crippen LogP contribution in [0.4, 0.5) is 0 Å². The van der Waals surface area contributed by atoms with Gasteiger partial charge in [0.05, 0.1) is 12.8 Å². The number of methoxy groups -OCH3 is 1. The number of hydrogen-bond acceptors (Lipinski definition) is 4. The molecule has 0 spiro atoms. The molecule has 0 bridgehead atoms. The number of aryl methyl sites for hydroxylation is 1. The highest BCUT2D eigenvalue weighted by Gasteiger charge is 2.17. The van der Waals surface area contributed by atoms with Crippen molar-refractivity contribution in [3.05, 3.63) is 29.7 Å². The topological polar surface area (TPSA) is 56.5 Å². The summed E-state index contributed by atoms with van der Waals surface area (Å²) >= 11 is 0. The van der Waals surface area contributed by atoms with Crippen LogP contribution in [0.5, 0.6) is 0 Å². The molecule has 0 aromatic carbocycles. The Hall–Kier alpha value is -1.91. The van der Waals surface area contributed by atoms with Gasteiger partial charge < -0.3 is 4.74 Å². The number of aromatic nitrogens is 3. The maximum Gasteiger partial charge on any atom is 0.358 e. The predicted octanol–water partition coefficient (Wildman–Crippen LogP) is 0.824. The minimum atomic E-state index is -0.423. The van der Waals surface area contributed by atoms with E-state index in [0.29, 0.717) is 17.0 Å². The van der Waals surface area contributed by atoms with Crippen molar-refractivity contribution in [2.75, 3.05) is 7.11 Å². The summed E-state index contributed by atoms with van der Waals surface area (Å²) in [4.78, 5) is 15.6. The van der Waals surface area contributed by atoms with Crippen molar-refractivity contribution >= 4 is 11.6 Å². The van der Waals surface area contributed by atoms with Gasteiger partial charge in [0, 0.05) is 6.20 Å². The lowest BCUT2D eigenvalue weighted by Gasteiger charge is -1.98. The third-order valence-corrected chi connectivity index (χ3v) is 1.95. The molecule has 0 atom stereocenters. The Kier molecular flexibility index (Phi) is 1.92. The van der Waals surface area contributed by atoms with Crippen LogP contribution in [-0.4, -0.2) is 27.7 Å². The van der Waals surface area contributed by atoms with Crippen LogP contribution in [0.2, 0.25) is 0 Å². The van der Waals surface area contributed by atoms with Crippen molar-refractivity contribution in [3.8, 4) is 0 Å². The number of ether oxygens (including phenoxy) is 1.